The largest absolute Gasteiger partial charge is 0.472 e. The summed E-state index contributed by atoms with van der Waals surface area (Å²) in [5, 5.41) is 10.6. The second-order valence-electron chi connectivity index (χ2n) is 30.3. The Kier molecular flexibility index (Phi) is 74.4. The molecule has 0 radical (unpaired) electrons. The first-order chi connectivity index (χ1) is 49.5. The maximum atomic E-state index is 13.1. The lowest BCUT2D eigenvalue weighted by molar-refractivity contribution is -0.161. The number of phosphoric ester groups is 2. The van der Waals surface area contributed by atoms with Crippen LogP contribution in [0.1, 0.15) is 446 Å². The van der Waals surface area contributed by atoms with Gasteiger partial charge >= 0.3 is 39.5 Å². The molecule has 0 heterocycles. The van der Waals surface area contributed by atoms with Crippen LogP contribution in [-0.4, -0.2) is 96.7 Å². The van der Waals surface area contributed by atoms with E-state index in [1.807, 2.05) is 0 Å². The minimum atomic E-state index is -4.96. The van der Waals surface area contributed by atoms with Gasteiger partial charge < -0.3 is 33.8 Å². The van der Waals surface area contributed by atoms with Crippen LogP contribution < -0.4 is 0 Å². The molecule has 3 N–H and O–H groups in total. The third-order valence-corrected chi connectivity index (χ3v) is 21.4. The van der Waals surface area contributed by atoms with Crippen molar-refractivity contribution in [3.8, 4) is 0 Å². The monoisotopic (exact) mass is 1490 g/mol. The van der Waals surface area contributed by atoms with Gasteiger partial charge in [0, 0.05) is 25.7 Å². The molecule has 0 aromatic carbocycles. The molecule has 0 aromatic rings. The van der Waals surface area contributed by atoms with Crippen LogP contribution in [0.3, 0.4) is 0 Å². The molecule has 0 aliphatic heterocycles. The van der Waals surface area contributed by atoms with Crippen LogP contribution in [-0.2, 0) is 65.4 Å². The van der Waals surface area contributed by atoms with Gasteiger partial charge in [0.25, 0.3) is 0 Å². The molecule has 0 aromatic heterocycles. The molecule has 102 heavy (non-hydrogen) atoms. The molecule has 606 valence electrons. The van der Waals surface area contributed by atoms with Crippen LogP contribution in [0, 0.1) is 5.92 Å². The van der Waals surface area contributed by atoms with Crippen LogP contribution >= 0.6 is 15.6 Å². The molecule has 0 saturated heterocycles. The SMILES string of the molecule is CCCCCCCCCCCCCCCCCCCCCC(=O)OC[C@H](COP(=O)(O)OC[C@@H](O)COP(=O)(O)OC[C@@H](COC(=O)CCCCCCCCCCCC)OC(=O)CCCCCCCCCCCCCC)OC(=O)CCCCCCCCCCCCCCCCCCCCC(C)C. The quantitative estimate of drug-likeness (QED) is 0.0222. The summed E-state index contributed by atoms with van der Waals surface area (Å²) < 4.78 is 68.7. The van der Waals surface area contributed by atoms with Crippen molar-refractivity contribution < 1.29 is 80.2 Å². The van der Waals surface area contributed by atoms with E-state index in [9.17, 15) is 43.2 Å². The highest BCUT2D eigenvalue weighted by atomic mass is 31.2. The summed E-state index contributed by atoms with van der Waals surface area (Å²) in [6, 6.07) is 0. The van der Waals surface area contributed by atoms with Crippen LogP contribution in [0.5, 0.6) is 0 Å². The number of carbonyl (C=O) groups excluding carboxylic acids is 4. The molecule has 0 rings (SSSR count). The molecule has 19 heteroatoms. The zero-order valence-electron chi connectivity index (χ0n) is 66.8. The van der Waals surface area contributed by atoms with E-state index in [-0.39, 0.29) is 25.7 Å². The van der Waals surface area contributed by atoms with Crippen molar-refractivity contribution in [3.05, 3.63) is 0 Å². The summed E-state index contributed by atoms with van der Waals surface area (Å²) in [7, 11) is -9.92. The smallest absolute Gasteiger partial charge is 0.462 e. The molecule has 0 saturated carbocycles. The number of ether oxygens (including phenoxy) is 4. The van der Waals surface area contributed by atoms with Crippen molar-refractivity contribution in [1.29, 1.82) is 0 Å². The zero-order chi connectivity index (χ0) is 74.8. The Morgan fingerprint density at radius 1 is 0.265 bits per heavy atom. The van der Waals surface area contributed by atoms with E-state index in [1.54, 1.807) is 0 Å². The first kappa shape index (κ1) is 100. The molecular weight excluding hydrogens is 1330 g/mol. The number of unbranched alkanes of at least 4 members (excludes halogenated alkanes) is 55. The van der Waals surface area contributed by atoms with Gasteiger partial charge in [-0.3, -0.25) is 37.3 Å². The maximum Gasteiger partial charge on any atom is 0.472 e. The van der Waals surface area contributed by atoms with E-state index in [0.717, 1.165) is 95.8 Å². The molecule has 0 spiro atoms. The molecule has 0 bridgehead atoms. The van der Waals surface area contributed by atoms with Gasteiger partial charge in [0.2, 0.25) is 0 Å². The third-order valence-electron chi connectivity index (χ3n) is 19.5. The van der Waals surface area contributed by atoms with Crippen molar-refractivity contribution in [3.63, 3.8) is 0 Å². The minimum absolute atomic E-state index is 0.108. The summed E-state index contributed by atoms with van der Waals surface area (Å²) in [5.74, 6) is -1.28. The fourth-order valence-corrected chi connectivity index (χ4v) is 14.5. The Balaban J connectivity index is 5.20. The molecule has 0 aliphatic rings. The summed E-state index contributed by atoms with van der Waals surface area (Å²) in [6.07, 6.45) is 68.0. The summed E-state index contributed by atoms with van der Waals surface area (Å²) in [5.41, 5.74) is 0. The minimum Gasteiger partial charge on any atom is -0.462 e. The maximum absolute atomic E-state index is 13.1. The van der Waals surface area contributed by atoms with E-state index in [2.05, 4.69) is 34.6 Å². The standard InChI is InChI=1S/C83H162O17P2/c1-6-9-12-15-18-21-24-26-27-28-29-33-36-39-43-47-52-57-62-67-81(86)94-73-79(100-83(88)69-64-59-54-49-44-40-37-34-31-30-32-35-38-41-45-50-55-60-65-76(4)5)75-98-102(91,92)96-71-77(84)70-95-101(89,90)97-74-78(72-93-80(85)66-61-56-51-46-23-20-17-14-11-8-3)99-82(87)68-63-58-53-48-42-25-22-19-16-13-10-7-2/h76-79,84H,6-75H2,1-5H3,(H,89,90)(H,91,92)/t77-,78+,79+/m0/s1. The Morgan fingerprint density at radius 2 is 0.451 bits per heavy atom. The summed E-state index contributed by atoms with van der Waals surface area (Å²) in [4.78, 5) is 73.0. The molecule has 0 amide bonds. The summed E-state index contributed by atoms with van der Waals surface area (Å²) in [6.45, 7) is 7.37. The first-order valence-corrected chi connectivity index (χ1v) is 46.1. The number of phosphoric acid groups is 2. The van der Waals surface area contributed by atoms with Gasteiger partial charge in [-0.2, -0.15) is 0 Å². The lowest BCUT2D eigenvalue weighted by atomic mass is 10.0. The first-order valence-electron chi connectivity index (χ1n) is 43.1. The third kappa shape index (κ3) is 76.3. The Hall–Kier alpha value is -1.94. The summed E-state index contributed by atoms with van der Waals surface area (Å²) >= 11 is 0. The van der Waals surface area contributed by atoms with Crippen molar-refractivity contribution >= 4 is 39.5 Å². The zero-order valence-corrected chi connectivity index (χ0v) is 68.5. The van der Waals surface area contributed by atoms with Crippen molar-refractivity contribution in [2.45, 2.75) is 464 Å². The van der Waals surface area contributed by atoms with Crippen molar-refractivity contribution in [1.82, 2.24) is 0 Å². The molecular formula is C83H162O17P2. The van der Waals surface area contributed by atoms with Gasteiger partial charge in [-0.05, 0) is 31.6 Å². The second kappa shape index (κ2) is 75.9. The van der Waals surface area contributed by atoms with Gasteiger partial charge in [0.1, 0.15) is 19.3 Å². The van der Waals surface area contributed by atoms with E-state index < -0.39 is 97.5 Å². The van der Waals surface area contributed by atoms with E-state index in [0.29, 0.717) is 25.7 Å². The lowest BCUT2D eigenvalue weighted by Gasteiger charge is -2.21. The van der Waals surface area contributed by atoms with Crippen LogP contribution in [0.15, 0.2) is 0 Å². The number of rotatable bonds is 83. The highest BCUT2D eigenvalue weighted by Crippen LogP contribution is 2.45. The van der Waals surface area contributed by atoms with Crippen LogP contribution in [0.2, 0.25) is 0 Å². The van der Waals surface area contributed by atoms with Gasteiger partial charge in [-0.1, -0.05) is 394 Å². The van der Waals surface area contributed by atoms with E-state index in [1.165, 1.54) is 270 Å². The van der Waals surface area contributed by atoms with E-state index in [4.69, 9.17) is 37.0 Å². The topological polar surface area (TPSA) is 237 Å². The number of hydrogen-bond donors (Lipinski definition) is 3. The van der Waals surface area contributed by atoms with Crippen molar-refractivity contribution in [2.75, 3.05) is 39.6 Å². The molecule has 0 fully saturated rings. The van der Waals surface area contributed by atoms with Crippen LogP contribution in [0.25, 0.3) is 0 Å². The van der Waals surface area contributed by atoms with Gasteiger partial charge in [-0.25, -0.2) is 9.13 Å². The highest BCUT2D eigenvalue weighted by molar-refractivity contribution is 7.47. The second-order valence-corrected chi connectivity index (χ2v) is 33.3. The fraction of sp³-hybridized carbons (Fsp3) is 0.952. The normalized spacial score (nSPS) is 13.8. The predicted octanol–water partition coefficient (Wildman–Crippen LogP) is 25.2. The van der Waals surface area contributed by atoms with Gasteiger partial charge in [0.15, 0.2) is 12.2 Å². The number of aliphatic hydroxyl groups is 1. The molecule has 17 nitrogen and oxygen atoms in total. The molecule has 0 aliphatic carbocycles. The van der Waals surface area contributed by atoms with Gasteiger partial charge in [-0.15, -0.1) is 0 Å². The average Bonchev–Trinajstić information content (AvgIpc) is 0.917. The van der Waals surface area contributed by atoms with Crippen LogP contribution in [0.4, 0.5) is 0 Å². The Morgan fingerprint density at radius 3 is 0.667 bits per heavy atom. The number of aliphatic hydroxyl groups excluding tert-OH is 1. The Labute approximate surface area is 626 Å². The number of hydrogen-bond acceptors (Lipinski definition) is 15. The van der Waals surface area contributed by atoms with Crippen molar-refractivity contribution in [2.24, 2.45) is 5.92 Å². The number of esters is 4. The van der Waals surface area contributed by atoms with E-state index >= 15 is 0 Å². The Bertz CT molecular complexity index is 1940. The molecule has 5 atom stereocenters. The molecule has 2 unspecified atom stereocenters. The fourth-order valence-electron chi connectivity index (χ4n) is 12.9. The average molecular weight is 1490 g/mol. The number of carbonyl (C=O) groups is 4. The predicted molar refractivity (Wildman–Crippen MR) is 418 cm³/mol. The van der Waals surface area contributed by atoms with Gasteiger partial charge in [0.05, 0.1) is 26.4 Å². The highest BCUT2D eigenvalue weighted by Gasteiger charge is 2.30. The lowest BCUT2D eigenvalue weighted by Crippen LogP contribution is -2.30.